The Morgan fingerprint density at radius 3 is 2.46 bits per heavy atom. The van der Waals surface area contributed by atoms with Gasteiger partial charge in [0, 0.05) is 18.5 Å². The number of ether oxygens (including phenoxy) is 1. The van der Waals surface area contributed by atoms with Crippen LogP contribution in [0.2, 0.25) is 0 Å². The maximum Gasteiger partial charge on any atom is 0.436 e. The molecule has 0 bridgehead atoms. The summed E-state index contributed by atoms with van der Waals surface area (Å²) in [5, 5.41) is 7.16. The van der Waals surface area contributed by atoms with Crippen LogP contribution in [0.15, 0.2) is 6.20 Å². The Morgan fingerprint density at radius 1 is 1.33 bits per heavy atom. The molecule has 1 aromatic heterocycles. The fourth-order valence-corrected chi connectivity index (χ4v) is 3.52. The van der Waals surface area contributed by atoms with E-state index in [1.807, 2.05) is 20.8 Å². The Balaban J connectivity index is 1.44. The first-order chi connectivity index (χ1) is 11.0. The Hall–Kier alpha value is -1.80. The smallest absolute Gasteiger partial charge is 0.436 e. The molecule has 1 saturated heterocycles. The monoisotopic (exact) mass is 346 g/mol. The highest BCUT2D eigenvalue weighted by molar-refractivity contribution is 5.69. The van der Waals surface area contributed by atoms with Crippen LogP contribution in [0.4, 0.5) is 18.0 Å². The van der Waals surface area contributed by atoms with Gasteiger partial charge in [-0.15, -0.1) is 5.10 Å². The average molecular weight is 346 g/mol. The number of rotatable bonds is 2. The van der Waals surface area contributed by atoms with Crippen molar-refractivity contribution in [2.75, 3.05) is 13.1 Å². The van der Waals surface area contributed by atoms with E-state index in [0.29, 0.717) is 19.6 Å². The van der Waals surface area contributed by atoms with E-state index in [9.17, 15) is 18.0 Å². The van der Waals surface area contributed by atoms with Crippen molar-refractivity contribution in [2.24, 2.45) is 11.3 Å². The molecular formula is C15H21F3N4O2. The van der Waals surface area contributed by atoms with Gasteiger partial charge in [-0.25, -0.2) is 4.79 Å². The quantitative estimate of drug-likeness (QED) is 0.826. The fourth-order valence-electron chi connectivity index (χ4n) is 3.52. The van der Waals surface area contributed by atoms with Crippen LogP contribution in [-0.2, 0) is 17.5 Å². The lowest BCUT2D eigenvalue weighted by Gasteiger charge is -2.58. The van der Waals surface area contributed by atoms with Gasteiger partial charge in [-0.05, 0) is 39.5 Å². The number of halogens is 3. The maximum atomic E-state index is 12.5. The lowest BCUT2D eigenvalue weighted by molar-refractivity contribution is -0.141. The van der Waals surface area contributed by atoms with Gasteiger partial charge in [0.25, 0.3) is 0 Å². The number of likely N-dealkylation sites (tertiary alicyclic amines) is 1. The van der Waals surface area contributed by atoms with Crippen LogP contribution in [0.5, 0.6) is 0 Å². The van der Waals surface area contributed by atoms with Gasteiger partial charge in [0.15, 0.2) is 5.69 Å². The van der Waals surface area contributed by atoms with Gasteiger partial charge in [0.05, 0.1) is 12.7 Å². The molecule has 1 aromatic rings. The zero-order valence-electron chi connectivity index (χ0n) is 13.9. The first kappa shape index (κ1) is 17.0. The molecule has 6 nitrogen and oxygen atoms in total. The van der Waals surface area contributed by atoms with Crippen LogP contribution in [0.1, 0.15) is 39.3 Å². The Labute approximate surface area is 137 Å². The molecule has 0 aromatic carbocycles. The Bertz CT molecular complexity index is 621. The summed E-state index contributed by atoms with van der Waals surface area (Å²) in [7, 11) is 0. The lowest BCUT2D eigenvalue weighted by atomic mass is 9.58. The average Bonchev–Trinajstić information content (AvgIpc) is 2.75. The van der Waals surface area contributed by atoms with E-state index >= 15 is 0 Å². The van der Waals surface area contributed by atoms with E-state index in [0.717, 1.165) is 23.8 Å². The molecule has 1 aliphatic heterocycles. The second-order valence-electron chi connectivity index (χ2n) is 7.89. The zero-order chi connectivity index (χ0) is 17.8. The number of carbonyl (C=O) groups excluding carboxylic acids is 1. The van der Waals surface area contributed by atoms with Crippen molar-refractivity contribution in [1.82, 2.24) is 19.9 Å². The second kappa shape index (κ2) is 5.35. The van der Waals surface area contributed by atoms with Crippen molar-refractivity contribution in [3.05, 3.63) is 11.9 Å². The van der Waals surface area contributed by atoms with E-state index in [4.69, 9.17) is 4.74 Å². The van der Waals surface area contributed by atoms with E-state index in [1.54, 1.807) is 4.90 Å². The predicted octanol–water partition coefficient (Wildman–Crippen LogP) is 2.94. The number of carbonyl (C=O) groups is 1. The summed E-state index contributed by atoms with van der Waals surface area (Å²) in [6.45, 7) is 7.16. The first-order valence-corrected chi connectivity index (χ1v) is 7.91. The molecular weight excluding hydrogens is 325 g/mol. The Morgan fingerprint density at radius 2 is 1.96 bits per heavy atom. The van der Waals surface area contributed by atoms with Crippen LogP contribution in [0, 0.1) is 11.3 Å². The van der Waals surface area contributed by atoms with Gasteiger partial charge < -0.3 is 9.64 Å². The molecule has 24 heavy (non-hydrogen) atoms. The number of amides is 1. The molecule has 2 heterocycles. The van der Waals surface area contributed by atoms with Gasteiger partial charge in [-0.1, -0.05) is 0 Å². The van der Waals surface area contributed by atoms with E-state index in [-0.39, 0.29) is 17.4 Å². The van der Waals surface area contributed by atoms with E-state index in [2.05, 4.69) is 10.2 Å². The molecule has 1 aliphatic carbocycles. The minimum Gasteiger partial charge on any atom is -0.444 e. The second-order valence-corrected chi connectivity index (χ2v) is 7.89. The summed E-state index contributed by atoms with van der Waals surface area (Å²) in [5.74, 6) is 0.249. The summed E-state index contributed by atoms with van der Waals surface area (Å²) in [5.41, 5.74) is -1.37. The highest BCUT2D eigenvalue weighted by Crippen LogP contribution is 2.52. The molecule has 2 aliphatic rings. The van der Waals surface area contributed by atoms with Crippen LogP contribution < -0.4 is 0 Å². The highest BCUT2D eigenvalue weighted by atomic mass is 19.4. The summed E-state index contributed by atoms with van der Waals surface area (Å²) in [6.07, 6.45) is -2.27. The summed E-state index contributed by atoms with van der Waals surface area (Å²) in [6, 6.07) is 0. The maximum absolute atomic E-state index is 12.5. The third-order valence-corrected chi connectivity index (χ3v) is 4.40. The van der Waals surface area contributed by atoms with Crippen molar-refractivity contribution in [2.45, 2.75) is 51.9 Å². The number of aromatic nitrogens is 3. The molecule has 0 radical (unpaired) electrons. The molecule has 2 fully saturated rings. The minimum absolute atomic E-state index is 0.0988. The molecule has 0 unspecified atom stereocenters. The highest BCUT2D eigenvalue weighted by Gasteiger charge is 2.54. The van der Waals surface area contributed by atoms with Crippen molar-refractivity contribution >= 4 is 6.09 Å². The molecule has 1 amide bonds. The first-order valence-electron chi connectivity index (χ1n) is 7.91. The molecule has 3 rings (SSSR count). The summed E-state index contributed by atoms with van der Waals surface area (Å²) in [4.78, 5) is 14.7. The van der Waals surface area contributed by atoms with Crippen LogP contribution >= 0.6 is 0 Å². The van der Waals surface area contributed by atoms with Crippen LogP contribution in [0.3, 0.4) is 0 Å². The zero-order valence-corrected chi connectivity index (χ0v) is 13.9. The van der Waals surface area contributed by atoms with Crippen molar-refractivity contribution in [3.8, 4) is 0 Å². The van der Waals surface area contributed by atoms with E-state index in [1.165, 1.54) is 0 Å². The largest absolute Gasteiger partial charge is 0.444 e. The number of hydrogen-bond acceptors (Lipinski definition) is 4. The van der Waals surface area contributed by atoms with Gasteiger partial charge in [0.1, 0.15) is 5.60 Å². The third kappa shape index (κ3) is 3.49. The fraction of sp³-hybridized carbons (Fsp3) is 0.800. The predicted molar refractivity (Wildman–Crippen MR) is 78.0 cm³/mol. The van der Waals surface area contributed by atoms with Gasteiger partial charge in [0.2, 0.25) is 0 Å². The third-order valence-electron chi connectivity index (χ3n) is 4.40. The molecule has 134 valence electrons. The minimum atomic E-state index is -4.46. The Kier molecular flexibility index (Phi) is 3.80. The number of hydrogen-bond donors (Lipinski definition) is 0. The van der Waals surface area contributed by atoms with Crippen LogP contribution in [-0.4, -0.2) is 44.7 Å². The molecule has 1 saturated carbocycles. The van der Waals surface area contributed by atoms with Gasteiger partial charge in [-0.3, -0.25) is 0 Å². The molecule has 9 heteroatoms. The summed E-state index contributed by atoms with van der Waals surface area (Å²) < 4.78 is 42.8. The van der Waals surface area contributed by atoms with Gasteiger partial charge in [-0.2, -0.15) is 23.1 Å². The standard InChI is InChI=1S/C15H21F3N4O2/c1-13(2,3)24-12(23)21-8-14(9-21)4-10(5-14)7-22-19-6-11(20-22)15(16,17)18/h6,10H,4-5,7-9H2,1-3H3. The molecule has 0 N–H and O–H groups in total. The SMILES string of the molecule is CC(C)(C)OC(=O)N1CC2(CC(Cn3ncc(C(F)(F)F)n3)C2)C1. The van der Waals surface area contributed by atoms with Crippen molar-refractivity contribution in [1.29, 1.82) is 0 Å². The topological polar surface area (TPSA) is 60.2 Å². The van der Waals surface area contributed by atoms with E-state index < -0.39 is 17.5 Å². The normalized spacial score (nSPS) is 20.7. The van der Waals surface area contributed by atoms with Crippen molar-refractivity contribution in [3.63, 3.8) is 0 Å². The molecule has 0 atom stereocenters. The lowest BCUT2D eigenvalue weighted by Crippen LogP contribution is -2.64. The summed E-state index contributed by atoms with van der Waals surface area (Å²) >= 11 is 0. The number of nitrogens with zero attached hydrogens (tertiary/aromatic N) is 4. The molecule has 1 spiro atoms. The van der Waals surface area contributed by atoms with Crippen LogP contribution in [0.25, 0.3) is 0 Å². The van der Waals surface area contributed by atoms with Crippen molar-refractivity contribution < 1.29 is 22.7 Å². The number of alkyl halides is 3. The van der Waals surface area contributed by atoms with Gasteiger partial charge >= 0.3 is 12.3 Å².